The fourth-order valence-electron chi connectivity index (χ4n) is 1.38. The van der Waals surface area contributed by atoms with Crippen LogP contribution in [0.2, 0.25) is 5.02 Å². The lowest BCUT2D eigenvalue weighted by molar-refractivity contribution is 0.600. The van der Waals surface area contributed by atoms with Crippen molar-refractivity contribution in [3.05, 3.63) is 57.0 Å². The third-order valence-corrected chi connectivity index (χ3v) is 3.13. The van der Waals surface area contributed by atoms with Crippen molar-refractivity contribution in [3.8, 4) is 0 Å². The fraction of sp³-hybridized carbons (Fsp3) is 0.0909. The number of hydrogen-bond donors (Lipinski definition) is 1. The smallest absolute Gasteiger partial charge is 0.128 e. The maximum atomic E-state index is 13.5. The Morgan fingerprint density at radius 2 is 2.06 bits per heavy atom. The second-order valence-corrected chi connectivity index (χ2v) is 4.42. The van der Waals surface area contributed by atoms with Crippen molar-refractivity contribution >= 4 is 35.3 Å². The summed E-state index contributed by atoms with van der Waals surface area (Å²) in [5.74, 6) is -0.321. The summed E-state index contributed by atoms with van der Waals surface area (Å²) in [5.41, 5.74) is 7.27. The Morgan fingerprint density at radius 1 is 1.31 bits per heavy atom. The van der Waals surface area contributed by atoms with Crippen LogP contribution in [0.1, 0.15) is 17.2 Å². The Hall–Kier alpha value is -0.610. The third-order valence-electron chi connectivity index (χ3n) is 2.20. The first-order valence-corrected chi connectivity index (χ1v) is 5.73. The molecule has 0 spiro atoms. The van der Waals surface area contributed by atoms with Gasteiger partial charge in [0.2, 0.25) is 0 Å². The van der Waals surface area contributed by atoms with E-state index in [1.165, 1.54) is 23.5 Å². The SMILES string of the molecule is Cl.N[C@H](c1ccsc1)c1cc(Cl)ccc1F. The van der Waals surface area contributed by atoms with Crippen molar-refractivity contribution in [2.45, 2.75) is 6.04 Å². The molecule has 1 aromatic heterocycles. The molecule has 0 aliphatic heterocycles. The summed E-state index contributed by atoms with van der Waals surface area (Å²) in [6.07, 6.45) is 0. The van der Waals surface area contributed by atoms with Gasteiger partial charge in [-0.15, -0.1) is 12.4 Å². The Labute approximate surface area is 108 Å². The minimum atomic E-state index is -0.449. The molecule has 0 fully saturated rings. The fourth-order valence-corrected chi connectivity index (χ4v) is 2.26. The lowest BCUT2D eigenvalue weighted by Gasteiger charge is -2.11. The largest absolute Gasteiger partial charge is 0.320 e. The van der Waals surface area contributed by atoms with Crippen LogP contribution >= 0.6 is 35.3 Å². The summed E-state index contributed by atoms with van der Waals surface area (Å²) in [4.78, 5) is 0. The molecule has 1 heterocycles. The first-order chi connectivity index (χ1) is 7.18. The van der Waals surface area contributed by atoms with E-state index in [0.717, 1.165) is 5.56 Å². The van der Waals surface area contributed by atoms with Crippen LogP contribution in [0.3, 0.4) is 0 Å². The van der Waals surface area contributed by atoms with Crippen molar-refractivity contribution in [1.29, 1.82) is 0 Å². The summed E-state index contributed by atoms with van der Waals surface area (Å²) >= 11 is 7.34. The summed E-state index contributed by atoms with van der Waals surface area (Å²) < 4.78 is 13.5. The van der Waals surface area contributed by atoms with E-state index < -0.39 is 6.04 Å². The molecule has 1 nitrogen and oxygen atoms in total. The second kappa shape index (κ2) is 5.64. The quantitative estimate of drug-likeness (QED) is 0.882. The summed E-state index contributed by atoms with van der Waals surface area (Å²) in [5, 5.41) is 4.32. The van der Waals surface area contributed by atoms with E-state index >= 15 is 0 Å². The van der Waals surface area contributed by atoms with Gasteiger partial charge in [-0.2, -0.15) is 11.3 Å². The van der Waals surface area contributed by atoms with Gasteiger partial charge in [-0.3, -0.25) is 0 Å². The second-order valence-electron chi connectivity index (χ2n) is 3.20. The first kappa shape index (κ1) is 13.5. The van der Waals surface area contributed by atoms with Gasteiger partial charge in [0.05, 0.1) is 6.04 Å². The highest BCUT2D eigenvalue weighted by atomic mass is 35.5. The summed E-state index contributed by atoms with van der Waals surface area (Å²) in [6.45, 7) is 0. The number of nitrogens with two attached hydrogens (primary N) is 1. The molecule has 86 valence electrons. The van der Waals surface area contributed by atoms with E-state index in [-0.39, 0.29) is 18.2 Å². The van der Waals surface area contributed by atoms with Gasteiger partial charge in [0.15, 0.2) is 0 Å². The van der Waals surface area contributed by atoms with E-state index in [2.05, 4.69) is 0 Å². The maximum Gasteiger partial charge on any atom is 0.128 e. The predicted octanol–water partition coefficient (Wildman–Crippen LogP) is 4.01. The molecule has 0 saturated carbocycles. The number of hydrogen-bond acceptors (Lipinski definition) is 2. The molecule has 0 aliphatic carbocycles. The van der Waals surface area contributed by atoms with Crippen LogP contribution in [0.25, 0.3) is 0 Å². The zero-order chi connectivity index (χ0) is 10.8. The van der Waals surface area contributed by atoms with Gasteiger partial charge in [0.1, 0.15) is 5.82 Å². The van der Waals surface area contributed by atoms with Crippen LogP contribution in [-0.2, 0) is 0 Å². The van der Waals surface area contributed by atoms with Gasteiger partial charge in [-0.1, -0.05) is 11.6 Å². The van der Waals surface area contributed by atoms with Crippen LogP contribution in [0.15, 0.2) is 35.0 Å². The molecule has 2 N–H and O–H groups in total. The first-order valence-electron chi connectivity index (χ1n) is 4.41. The van der Waals surface area contributed by atoms with E-state index in [1.54, 1.807) is 6.07 Å². The van der Waals surface area contributed by atoms with Crippen LogP contribution in [0.4, 0.5) is 4.39 Å². The molecule has 0 bridgehead atoms. The molecule has 0 aliphatic rings. The maximum absolute atomic E-state index is 13.5. The molecule has 0 radical (unpaired) electrons. The highest BCUT2D eigenvalue weighted by molar-refractivity contribution is 7.08. The average molecular weight is 278 g/mol. The van der Waals surface area contributed by atoms with Crippen molar-refractivity contribution in [2.24, 2.45) is 5.73 Å². The zero-order valence-electron chi connectivity index (χ0n) is 8.19. The number of benzene rings is 1. The molecule has 2 aromatic rings. The number of rotatable bonds is 2. The van der Waals surface area contributed by atoms with E-state index in [1.807, 2.05) is 16.8 Å². The number of halogens is 3. The normalized spacial score (nSPS) is 11.9. The van der Waals surface area contributed by atoms with Crippen molar-refractivity contribution in [3.63, 3.8) is 0 Å². The minimum absolute atomic E-state index is 0. The predicted molar refractivity (Wildman–Crippen MR) is 69.0 cm³/mol. The van der Waals surface area contributed by atoms with Gasteiger partial charge in [-0.25, -0.2) is 4.39 Å². The molecule has 0 amide bonds. The standard InChI is InChI=1S/C11H9ClFNS.ClH/c12-8-1-2-10(13)9(5-8)11(14)7-3-4-15-6-7;/h1-6,11H,14H2;1H/t11-;/m1./s1. The third kappa shape index (κ3) is 2.74. The van der Waals surface area contributed by atoms with E-state index in [0.29, 0.717) is 10.6 Å². The van der Waals surface area contributed by atoms with Gasteiger partial charge in [-0.05, 0) is 40.6 Å². The van der Waals surface area contributed by atoms with Crippen LogP contribution in [-0.4, -0.2) is 0 Å². The molecule has 0 saturated heterocycles. The molecule has 16 heavy (non-hydrogen) atoms. The average Bonchev–Trinajstić information content (AvgIpc) is 2.74. The molecule has 1 atom stereocenters. The van der Waals surface area contributed by atoms with Gasteiger partial charge < -0.3 is 5.73 Å². The molecule has 2 rings (SSSR count). The zero-order valence-corrected chi connectivity index (χ0v) is 10.6. The Morgan fingerprint density at radius 3 is 2.69 bits per heavy atom. The highest BCUT2D eigenvalue weighted by Gasteiger charge is 2.14. The van der Waals surface area contributed by atoms with E-state index in [4.69, 9.17) is 17.3 Å². The van der Waals surface area contributed by atoms with E-state index in [9.17, 15) is 4.39 Å². The molecular weight excluding hydrogens is 268 g/mol. The van der Waals surface area contributed by atoms with Crippen molar-refractivity contribution < 1.29 is 4.39 Å². The lowest BCUT2D eigenvalue weighted by Crippen LogP contribution is -2.12. The summed E-state index contributed by atoms with van der Waals surface area (Å²) in [6, 6.07) is 5.86. The monoisotopic (exact) mass is 277 g/mol. The van der Waals surface area contributed by atoms with Gasteiger partial charge >= 0.3 is 0 Å². The van der Waals surface area contributed by atoms with Crippen LogP contribution < -0.4 is 5.73 Å². The molecular formula is C11H10Cl2FNS. The van der Waals surface area contributed by atoms with Crippen molar-refractivity contribution in [1.82, 2.24) is 0 Å². The number of thiophene rings is 1. The Balaban J connectivity index is 0.00000128. The Kier molecular flexibility index (Phi) is 4.74. The molecule has 1 aromatic carbocycles. The minimum Gasteiger partial charge on any atom is -0.320 e. The lowest BCUT2D eigenvalue weighted by atomic mass is 10.0. The Bertz CT molecular complexity index is 459. The summed E-state index contributed by atoms with van der Waals surface area (Å²) in [7, 11) is 0. The van der Waals surface area contributed by atoms with Crippen LogP contribution in [0, 0.1) is 5.82 Å². The topological polar surface area (TPSA) is 26.0 Å². The van der Waals surface area contributed by atoms with Gasteiger partial charge in [0, 0.05) is 10.6 Å². The van der Waals surface area contributed by atoms with Gasteiger partial charge in [0.25, 0.3) is 0 Å². The van der Waals surface area contributed by atoms with Crippen molar-refractivity contribution in [2.75, 3.05) is 0 Å². The molecule has 0 unspecified atom stereocenters. The highest BCUT2D eigenvalue weighted by Crippen LogP contribution is 2.26. The molecule has 5 heteroatoms. The van der Waals surface area contributed by atoms with Crippen LogP contribution in [0.5, 0.6) is 0 Å².